The van der Waals surface area contributed by atoms with Crippen LogP contribution in [0.4, 0.5) is 5.82 Å². The molecule has 6 heteroatoms. The summed E-state index contributed by atoms with van der Waals surface area (Å²) in [6.07, 6.45) is 3.67. The zero-order valence-electron chi connectivity index (χ0n) is 11.6. The van der Waals surface area contributed by atoms with Crippen molar-refractivity contribution in [1.82, 2.24) is 19.5 Å². The van der Waals surface area contributed by atoms with E-state index in [1.54, 1.807) is 10.7 Å². The van der Waals surface area contributed by atoms with Gasteiger partial charge in [-0.25, -0.2) is 9.50 Å². The van der Waals surface area contributed by atoms with Crippen molar-refractivity contribution in [3.05, 3.63) is 22.9 Å². The first kappa shape index (κ1) is 14.3. The summed E-state index contributed by atoms with van der Waals surface area (Å²) >= 11 is 3.44. The van der Waals surface area contributed by atoms with Crippen LogP contribution in [0, 0.1) is 0 Å². The second kappa shape index (κ2) is 6.34. The van der Waals surface area contributed by atoms with Crippen molar-refractivity contribution < 1.29 is 0 Å². The number of halogens is 1. The number of nitrogens with one attached hydrogen (secondary N) is 1. The van der Waals surface area contributed by atoms with Crippen molar-refractivity contribution in [2.75, 3.05) is 25.0 Å². The van der Waals surface area contributed by atoms with Crippen LogP contribution < -0.4 is 5.32 Å². The van der Waals surface area contributed by atoms with Gasteiger partial charge in [-0.05, 0) is 42.0 Å². The fraction of sp³-hybridized carbons (Fsp3) is 0.538. The average molecular weight is 326 g/mol. The molecule has 2 heterocycles. The normalized spacial score (nSPS) is 13.1. The molecule has 104 valence electrons. The highest BCUT2D eigenvalue weighted by Crippen LogP contribution is 2.16. The van der Waals surface area contributed by atoms with Crippen molar-refractivity contribution in [2.45, 2.75) is 26.8 Å². The van der Waals surface area contributed by atoms with Gasteiger partial charge in [-0.2, -0.15) is 5.10 Å². The smallest absolute Gasteiger partial charge is 0.171 e. The van der Waals surface area contributed by atoms with E-state index < -0.39 is 0 Å². The molecule has 2 rings (SSSR count). The lowest BCUT2D eigenvalue weighted by Gasteiger charge is -2.26. The highest BCUT2D eigenvalue weighted by Gasteiger charge is 2.10. The van der Waals surface area contributed by atoms with Crippen molar-refractivity contribution in [3.63, 3.8) is 0 Å². The molecule has 1 N–H and O–H groups in total. The standard InChI is InChI=1S/C13H20BrN5/c1-4-18(5-2)10(3)8-15-12-6-7-19-13(17-12)11(14)9-16-19/h6-7,9-10H,4-5,8H2,1-3H3,(H,15,17). The first-order valence-electron chi connectivity index (χ1n) is 6.63. The Morgan fingerprint density at radius 2 is 2.16 bits per heavy atom. The van der Waals surface area contributed by atoms with Crippen molar-refractivity contribution in [2.24, 2.45) is 0 Å². The number of anilines is 1. The van der Waals surface area contributed by atoms with E-state index in [1.807, 2.05) is 12.3 Å². The van der Waals surface area contributed by atoms with E-state index in [0.29, 0.717) is 6.04 Å². The topological polar surface area (TPSA) is 45.5 Å². The number of fused-ring (bicyclic) bond motifs is 1. The summed E-state index contributed by atoms with van der Waals surface area (Å²) < 4.78 is 2.66. The number of likely N-dealkylation sites (N-methyl/N-ethyl adjacent to an activating group) is 1. The number of nitrogens with zero attached hydrogens (tertiary/aromatic N) is 4. The molecule has 19 heavy (non-hydrogen) atoms. The zero-order valence-corrected chi connectivity index (χ0v) is 13.2. The minimum absolute atomic E-state index is 0.487. The van der Waals surface area contributed by atoms with Gasteiger partial charge in [0.25, 0.3) is 0 Å². The summed E-state index contributed by atoms with van der Waals surface area (Å²) in [6.45, 7) is 9.63. The molecule has 0 amide bonds. The lowest BCUT2D eigenvalue weighted by Crippen LogP contribution is -2.37. The summed E-state index contributed by atoms with van der Waals surface area (Å²) in [4.78, 5) is 6.96. The molecule has 0 aliphatic heterocycles. The van der Waals surface area contributed by atoms with Crippen LogP contribution in [0.3, 0.4) is 0 Å². The second-order valence-electron chi connectivity index (χ2n) is 4.52. The van der Waals surface area contributed by atoms with Crippen LogP contribution in [-0.2, 0) is 0 Å². The first-order chi connectivity index (χ1) is 9.15. The van der Waals surface area contributed by atoms with Crippen LogP contribution >= 0.6 is 15.9 Å². The largest absolute Gasteiger partial charge is 0.368 e. The molecule has 0 saturated heterocycles. The van der Waals surface area contributed by atoms with Gasteiger partial charge in [-0.15, -0.1) is 0 Å². The maximum Gasteiger partial charge on any atom is 0.171 e. The van der Waals surface area contributed by atoms with E-state index >= 15 is 0 Å². The Morgan fingerprint density at radius 1 is 1.42 bits per heavy atom. The van der Waals surface area contributed by atoms with Crippen LogP contribution in [0.25, 0.3) is 5.65 Å². The van der Waals surface area contributed by atoms with Gasteiger partial charge in [0.05, 0.1) is 10.7 Å². The number of aromatic nitrogens is 3. The van der Waals surface area contributed by atoms with Gasteiger partial charge in [-0.3, -0.25) is 4.90 Å². The molecule has 0 bridgehead atoms. The molecule has 0 spiro atoms. The van der Waals surface area contributed by atoms with E-state index in [4.69, 9.17) is 0 Å². The Hall–Kier alpha value is -1.14. The van der Waals surface area contributed by atoms with Crippen LogP contribution in [0.1, 0.15) is 20.8 Å². The quantitative estimate of drug-likeness (QED) is 0.886. The third-order valence-electron chi connectivity index (χ3n) is 3.34. The summed E-state index contributed by atoms with van der Waals surface area (Å²) in [5.41, 5.74) is 0.834. The lowest BCUT2D eigenvalue weighted by molar-refractivity contribution is 0.240. The minimum Gasteiger partial charge on any atom is -0.368 e. The monoisotopic (exact) mass is 325 g/mol. The van der Waals surface area contributed by atoms with E-state index in [1.165, 1.54) is 0 Å². The molecule has 0 aliphatic carbocycles. The number of hydrogen-bond acceptors (Lipinski definition) is 4. The Morgan fingerprint density at radius 3 is 2.84 bits per heavy atom. The molecule has 1 atom stereocenters. The second-order valence-corrected chi connectivity index (χ2v) is 5.38. The molecule has 0 radical (unpaired) electrons. The molecule has 0 fully saturated rings. The molecular weight excluding hydrogens is 306 g/mol. The SMILES string of the molecule is CCN(CC)C(C)CNc1ccn2ncc(Br)c2n1. The Kier molecular flexibility index (Phi) is 4.76. The van der Waals surface area contributed by atoms with Crippen molar-refractivity contribution in [3.8, 4) is 0 Å². The zero-order chi connectivity index (χ0) is 13.8. The lowest BCUT2D eigenvalue weighted by atomic mass is 10.3. The van der Waals surface area contributed by atoms with Gasteiger partial charge in [0.2, 0.25) is 0 Å². The van der Waals surface area contributed by atoms with Crippen LogP contribution in [0.5, 0.6) is 0 Å². The highest BCUT2D eigenvalue weighted by molar-refractivity contribution is 9.10. The fourth-order valence-electron chi connectivity index (χ4n) is 2.17. The van der Waals surface area contributed by atoms with Crippen molar-refractivity contribution in [1.29, 1.82) is 0 Å². The van der Waals surface area contributed by atoms with Gasteiger partial charge < -0.3 is 5.32 Å². The summed E-state index contributed by atoms with van der Waals surface area (Å²) in [5.74, 6) is 0.882. The van der Waals surface area contributed by atoms with E-state index in [2.05, 4.69) is 57.0 Å². The Bertz CT molecular complexity index is 535. The average Bonchev–Trinajstić information content (AvgIpc) is 2.79. The number of rotatable bonds is 6. The number of hydrogen-bond donors (Lipinski definition) is 1. The van der Waals surface area contributed by atoms with Crippen LogP contribution in [0.2, 0.25) is 0 Å². The summed E-state index contributed by atoms with van der Waals surface area (Å²) in [7, 11) is 0. The Balaban J connectivity index is 2.03. The maximum atomic E-state index is 4.54. The summed E-state index contributed by atoms with van der Waals surface area (Å²) in [5, 5.41) is 7.57. The highest BCUT2D eigenvalue weighted by atomic mass is 79.9. The van der Waals surface area contributed by atoms with Crippen LogP contribution in [0.15, 0.2) is 22.9 Å². The van der Waals surface area contributed by atoms with Crippen LogP contribution in [-0.4, -0.2) is 45.2 Å². The molecule has 1 unspecified atom stereocenters. The molecule has 0 aliphatic rings. The Labute approximate surface area is 122 Å². The van der Waals surface area contributed by atoms with Gasteiger partial charge >= 0.3 is 0 Å². The van der Waals surface area contributed by atoms with Gasteiger partial charge in [0, 0.05) is 18.8 Å². The van der Waals surface area contributed by atoms with E-state index in [9.17, 15) is 0 Å². The maximum absolute atomic E-state index is 4.54. The van der Waals surface area contributed by atoms with Gasteiger partial charge in [0.1, 0.15) is 5.82 Å². The van der Waals surface area contributed by atoms with Crippen molar-refractivity contribution >= 4 is 27.4 Å². The predicted octanol–water partition coefficient (Wildman–Crippen LogP) is 2.63. The first-order valence-corrected chi connectivity index (χ1v) is 7.42. The van der Waals surface area contributed by atoms with E-state index in [0.717, 1.165) is 35.6 Å². The third-order valence-corrected chi connectivity index (χ3v) is 3.90. The third kappa shape index (κ3) is 3.25. The predicted molar refractivity (Wildman–Crippen MR) is 81.6 cm³/mol. The molecule has 5 nitrogen and oxygen atoms in total. The molecule has 2 aromatic rings. The molecular formula is C13H20BrN5. The molecule has 0 aromatic carbocycles. The van der Waals surface area contributed by atoms with Gasteiger partial charge in [-0.1, -0.05) is 13.8 Å². The van der Waals surface area contributed by atoms with Gasteiger partial charge in [0.15, 0.2) is 5.65 Å². The minimum atomic E-state index is 0.487. The summed E-state index contributed by atoms with van der Waals surface area (Å²) in [6, 6.07) is 2.43. The molecule has 0 saturated carbocycles. The van der Waals surface area contributed by atoms with E-state index in [-0.39, 0.29) is 0 Å². The molecule has 2 aromatic heterocycles. The fourth-order valence-corrected chi connectivity index (χ4v) is 2.53.